The average Bonchev–Trinajstić information content (AvgIpc) is 2.47. The maximum atomic E-state index is 11.3. The molecule has 70 valence electrons. The van der Waals surface area contributed by atoms with Crippen molar-refractivity contribution in [1.82, 2.24) is 5.32 Å². The van der Waals surface area contributed by atoms with Crippen LogP contribution >= 0.6 is 0 Å². The lowest BCUT2D eigenvalue weighted by Crippen LogP contribution is -2.49. The summed E-state index contributed by atoms with van der Waals surface area (Å²) in [7, 11) is 3.08. The molecular formula is C8H15NO3. The van der Waals surface area contributed by atoms with Gasteiger partial charge in [0.05, 0.1) is 13.2 Å². The minimum absolute atomic E-state index is 0.276. The van der Waals surface area contributed by atoms with E-state index in [1.54, 1.807) is 7.05 Å². The Morgan fingerprint density at radius 2 is 2.42 bits per heavy atom. The molecular weight excluding hydrogens is 158 g/mol. The Morgan fingerprint density at radius 1 is 1.75 bits per heavy atom. The molecule has 2 N–H and O–H groups in total. The highest BCUT2D eigenvalue weighted by Crippen LogP contribution is 2.30. The predicted molar refractivity (Wildman–Crippen MR) is 43.7 cm³/mol. The van der Waals surface area contributed by atoms with Crippen LogP contribution in [0, 0.1) is 0 Å². The molecule has 2 atom stereocenters. The van der Waals surface area contributed by atoms with Gasteiger partial charge in [-0.1, -0.05) is 0 Å². The molecule has 0 amide bonds. The maximum absolute atomic E-state index is 11.3. The number of carbonyl (C=O) groups excluding carboxylic acids is 1. The highest BCUT2D eigenvalue weighted by Gasteiger charge is 2.44. The third-order valence-corrected chi connectivity index (χ3v) is 2.54. The molecule has 1 aliphatic rings. The number of likely N-dealkylation sites (N-methyl/N-ethyl adjacent to an activating group) is 1. The third-order valence-electron chi connectivity index (χ3n) is 2.54. The lowest BCUT2D eigenvalue weighted by molar-refractivity contribution is -0.148. The number of hydrogen-bond donors (Lipinski definition) is 2. The van der Waals surface area contributed by atoms with Crippen molar-refractivity contribution in [2.45, 2.75) is 30.9 Å². The fraction of sp³-hybridized carbons (Fsp3) is 0.875. The Labute approximate surface area is 71.9 Å². The van der Waals surface area contributed by atoms with E-state index in [1.807, 2.05) is 0 Å². The summed E-state index contributed by atoms with van der Waals surface area (Å²) in [4.78, 5) is 11.3. The molecule has 1 rings (SSSR count). The molecule has 12 heavy (non-hydrogen) atoms. The summed E-state index contributed by atoms with van der Waals surface area (Å²) in [6.07, 6.45) is 1.39. The van der Waals surface area contributed by atoms with Gasteiger partial charge in [0.15, 0.2) is 0 Å². The Morgan fingerprint density at radius 3 is 2.75 bits per heavy atom. The third kappa shape index (κ3) is 1.44. The summed E-state index contributed by atoms with van der Waals surface area (Å²) in [5.41, 5.74) is -0.645. The zero-order valence-electron chi connectivity index (χ0n) is 7.46. The van der Waals surface area contributed by atoms with Gasteiger partial charge in [-0.3, -0.25) is 4.79 Å². The van der Waals surface area contributed by atoms with E-state index in [2.05, 4.69) is 10.1 Å². The van der Waals surface area contributed by atoms with Crippen molar-refractivity contribution in [3.05, 3.63) is 0 Å². The first-order chi connectivity index (χ1) is 5.64. The van der Waals surface area contributed by atoms with Crippen LogP contribution in [0.15, 0.2) is 0 Å². The van der Waals surface area contributed by atoms with Crippen LogP contribution in [0.1, 0.15) is 19.3 Å². The molecule has 0 aromatic heterocycles. The summed E-state index contributed by atoms with van der Waals surface area (Å²) in [5, 5.41) is 12.2. The number of methoxy groups -OCH3 is 1. The van der Waals surface area contributed by atoms with Crippen molar-refractivity contribution in [3.63, 3.8) is 0 Å². The van der Waals surface area contributed by atoms with Gasteiger partial charge in [0.25, 0.3) is 0 Å². The van der Waals surface area contributed by atoms with Gasteiger partial charge in [-0.2, -0.15) is 0 Å². The van der Waals surface area contributed by atoms with Crippen LogP contribution in [-0.4, -0.2) is 36.9 Å². The van der Waals surface area contributed by atoms with Gasteiger partial charge in [0.1, 0.15) is 5.54 Å². The minimum Gasteiger partial charge on any atom is -0.468 e. The number of hydrogen-bond acceptors (Lipinski definition) is 4. The Bertz CT molecular complexity index is 183. The standard InChI is InChI=1S/C8H15NO3/c1-9-8(7(11)12-2)4-3-6(10)5-8/h6,9-10H,3-5H2,1-2H3. The second kappa shape index (κ2) is 3.41. The monoisotopic (exact) mass is 173 g/mol. The van der Waals surface area contributed by atoms with Crippen molar-refractivity contribution in [2.75, 3.05) is 14.2 Å². The lowest BCUT2D eigenvalue weighted by atomic mass is 9.98. The maximum Gasteiger partial charge on any atom is 0.326 e. The van der Waals surface area contributed by atoms with Crippen molar-refractivity contribution in [2.24, 2.45) is 0 Å². The van der Waals surface area contributed by atoms with Crippen molar-refractivity contribution < 1.29 is 14.6 Å². The molecule has 0 aromatic carbocycles. The summed E-state index contributed by atoms with van der Waals surface area (Å²) in [5.74, 6) is -0.276. The number of nitrogens with one attached hydrogen (secondary N) is 1. The van der Waals surface area contributed by atoms with E-state index in [9.17, 15) is 9.90 Å². The first kappa shape index (κ1) is 9.48. The second-order valence-electron chi connectivity index (χ2n) is 3.22. The smallest absolute Gasteiger partial charge is 0.326 e. The van der Waals surface area contributed by atoms with Crippen LogP contribution in [0.4, 0.5) is 0 Å². The molecule has 0 saturated heterocycles. The SMILES string of the molecule is CNC1(C(=O)OC)CCC(O)C1. The van der Waals surface area contributed by atoms with E-state index >= 15 is 0 Å². The normalized spacial score (nSPS) is 35.1. The highest BCUT2D eigenvalue weighted by atomic mass is 16.5. The van der Waals surface area contributed by atoms with E-state index in [4.69, 9.17) is 0 Å². The largest absolute Gasteiger partial charge is 0.468 e. The zero-order valence-corrected chi connectivity index (χ0v) is 7.46. The topological polar surface area (TPSA) is 58.6 Å². The molecule has 0 bridgehead atoms. The highest BCUT2D eigenvalue weighted by molar-refractivity contribution is 5.81. The van der Waals surface area contributed by atoms with Gasteiger partial charge < -0.3 is 15.2 Å². The fourth-order valence-corrected chi connectivity index (χ4v) is 1.73. The molecule has 0 aliphatic heterocycles. The van der Waals surface area contributed by atoms with Gasteiger partial charge >= 0.3 is 5.97 Å². The molecule has 2 unspecified atom stereocenters. The van der Waals surface area contributed by atoms with E-state index < -0.39 is 5.54 Å². The zero-order chi connectivity index (χ0) is 9.19. The molecule has 0 spiro atoms. The molecule has 1 aliphatic carbocycles. The molecule has 4 nitrogen and oxygen atoms in total. The van der Waals surface area contributed by atoms with E-state index in [-0.39, 0.29) is 12.1 Å². The van der Waals surface area contributed by atoms with Crippen LogP contribution in [-0.2, 0) is 9.53 Å². The van der Waals surface area contributed by atoms with Crippen molar-refractivity contribution >= 4 is 5.97 Å². The molecule has 1 fully saturated rings. The van der Waals surface area contributed by atoms with Gasteiger partial charge in [0.2, 0.25) is 0 Å². The Kier molecular flexibility index (Phi) is 2.69. The van der Waals surface area contributed by atoms with Gasteiger partial charge in [0, 0.05) is 6.42 Å². The predicted octanol–water partition coefficient (Wildman–Crippen LogP) is -0.338. The first-order valence-electron chi connectivity index (χ1n) is 4.10. The molecule has 4 heteroatoms. The van der Waals surface area contributed by atoms with E-state index in [0.29, 0.717) is 19.3 Å². The quantitative estimate of drug-likeness (QED) is 0.561. The Balaban J connectivity index is 2.70. The summed E-state index contributed by atoms with van der Waals surface area (Å²) in [6.45, 7) is 0. The molecule has 0 heterocycles. The van der Waals surface area contributed by atoms with Crippen LogP contribution in [0.3, 0.4) is 0 Å². The van der Waals surface area contributed by atoms with Gasteiger partial charge in [-0.15, -0.1) is 0 Å². The average molecular weight is 173 g/mol. The summed E-state index contributed by atoms with van der Waals surface area (Å²) >= 11 is 0. The van der Waals surface area contributed by atoms with Crippen molar-refractivity contribution in [1.29, 1.82) is 0 Å². The van der Waals surface area contributed by atoms with Crippen LogP contribution < -0.4 is 5.32 Å². The summed E-state index contributed by atoms with van der Waals surface area (Å²) < 4.78 is 4.66. The number of ether oxygens (including phenoxy) is 1. The van der Waals surface area contributed by atoms with Crippen LogP contribution in [0.25, 0.3) is 0 Å². The first-order valence-corrected chi connectivity index (χ1v) is 4.10. The minimum atomic E-state index is -0.645. The second-order valence-corrected chi connectivity index (χ2v) is 3.22. The number of rotatable bonds is 2. The van der Waals surface area contributed by atoms with E-state index in [1.165, 1.54) is 7.11 Å². The molecule has 0 aromatic rings. The number of carbonyl (C=O) groups is 1. The van der Waals surface area contributed by atoms with Crippen LogP contribution in [0.5, 0.6) is 0 Å². The van der Waals surface area contributed by atoms with Crippen molar-refractivity contribution in [3.8, 4) is 0 Å². The van der Waals surface area contributed by atoms with Gasteiger partial charge in [-0.05, 0) is 19.9 Å². The summed E-state index contributed by atoms with van der Waals surface area (Å²) in [6, 6.07) is 0. The number of aliphatic hydroxyl groups is 1. The van der Waals surface area contributed by atoms with Crippen LogP contribution in [0.2, 0.25) is 0 Å². The lowest BCUT2D eigenvalue weighted by Gasteiger charge is -2.24. The molecule has 0 radical (unpaired) electrons. The van der Waals surface area contributed by atoms with E-state index in [0.717, 1.165) is 0 Å². The Hall–Kier alpha value is -0.610. The number of esters is 1. The number of aliphatic hydroxyl groups excluding tert-OH is 1. The molecule has 1 saturated carbocycles. The fourth-order valence-electron chi connectivity index (χ4n) is 1.73. The van der Waals surface area contributed by atoms with Gasteiger partial charge in [-0.25, -0.2) is 0 Å².